The van der Waals surface area contributed by atoms with Crippen LogP contribution in [0.25, 0.3) is 0 Å². The van der Waals surface area contributed by atoms with Crippen LogP contribution in [0.1, 0.15) is 5.56 Å². The van der Waals surface area contributed by atoms with Crippen molar-refractivity contribution in [2.45, 2.75) is 13.2 Å². The summed E-state index contributed by atoms with van der Waals surface area (Å²) in [6.07, 6.45) is 1.45. The number of anilines is 1. The molecule has 1 atom stereocenters. The molecule has 0 spiro atoms. The van der Waals surface area contributed by atoms with E-state index in [2.05, 4.69) is 9.98 Å². The Labute approximate surface area is 181 Å². The van der Waals surface area contributed by atoms with Crippen molar-refractivity contribution in [1.29, 1.82) is 0 Å². The van der Waals surface area contributed by atoms with Gasteiger partial charge in [-0.25, -0.2) is 9.98 Å². The van der Waals surface area contributed by atoms with Crippen molar-refractivity contribution >= 4 is 87.5 Å². The van der Waals surface area contributed by atoms with Gasteiger partial charge in [0.15, 0.2) is 5.84 Å². The minimum Gasteiger partial charge on any atom is -0.299 e. The number of hydrogen-bond acceptors (Lipinski definition) is 3. The van der Waals surface area contributed by atoms with E-state index in [1.54, 1.807) is 17.0 Å². The fourth-order valence-corrected chi connectivity index (χ4v) is 3.65. The van der Waals surface area contributed by atoms with Crippen LogP contribution in [-0.4, -0.2) is 19.8 Å². The summed E-state index contributed by atoms with van der Waals surface area (Å²) in [4.78, 5) is 10.4. The van der Waals surface area contributed by atoms with Crippen LogP contribution in [0.3, 0.4) is 0 Å². The van der Waals surface area contributed by atoms with Gasteiger partial charge in [0.25, 0.3) is 0 Å². The van der Waals surface area contributed by atoms with Gasteiger partial charge in [0.2, 0.25) is 13.2 Å². The minimum atomic E-state index is -1.92. The number of para-hydroxylation sites is 1. The first kappa shape index (κ1) is 20.1. The number of hydrogen-bond donors (Lipinski definition) is 0. The maximum absolute atomic E-state index is 6.45. The van der Waals surface area contributed by atoms with E-state index >= 15 is 0 Å². The highest BCUT2D eigenvalue weighted by Gasteiger charge is 2.57. The summed E-state index contributed by atoms with van der Waals surface area (Å²) >= 11 is 37.4. The van der Waals surface area contributed by atoms with Gasteiger partial charge in [-0.15, -0.1) is 0 Å². The zero-order chi connectivity index (χ0) is 19.0. The first-order chi connectivity index (χ1) is 12.2. The van der Waals surface area contributed by atoms with Crippen molar-refractivity contribution < 1.29 is 0 Å². The molecule has 0 N–H and O–H groups in total. The fraction of sp³-hybridized carbons (Fsp3) is 0.176. The van der Waals surface area contributed by atoms with Crippen LogP contribution >= 0.6 is 69.6 Å². The van der Waals surface area contributed by atoms with E-state index in [1.165, 1.54) is 6.34 Å². The molecule has 0 aliphatic carbocycles. The van der Waals surface area contributed by atoms with E-state index in [4.69, 9.17) is 69.6 Å². The predicted octanol–water partition coefficient (Wildman–Crippen LogP) is 6.53. The normalized spacial score (nSPS) is 20.8. The third kappa shape index (κ3) is 3.66. The number of alkyl halides is 6. The smallest absolute Gasteiger partial charge is 0.249 e. The molecule has 1 aliphatic heterocycles. The van der Waals surface area contributed by atoms with Gasteiger partial charge in [0.05, 0.1) is 6.34 Å². The van der Waals surface area contributed by atoms with Crippen LogP contribution in [0.15, 0.2) is 70.6 Å². The standard InChI is InChI=1S/C17H11Cl6N3/c18-16(19,20)14-24-11-26(13-9-5-2-6-10-13)15(25-14,17(21,22)23)12-7-3-1-4-8-12/h1-11H. The van der Waals surface area contributed by atoms with E-state index in [0.717, 1.165) is 0 Å². The molecule has 0 fully saturated rings. The zero-order valence-electron chi connectivity index (χ0n) is 13.0. The van der Waals surface area contributed by atoms with E-state index in [0.29, 0.717) is 11.3 Å². The van der Waals surface area contributed by atoms with Gasteiger partial charge in [-0.05, 0) is 12.1 Å². The van der Waals surface area contributed by atoms with Gasteiger partial charge >= 0.3 is 0 Å². The average Bonchev–Trinajstić information content (AvgIpc) is 2.61. The Balaban J connectivity index is 2.32. The van der Waals surface area contributed by atoms with Gasteiger partial charge in [-0.2, -0.15) is 0 Å². The summed E-state index contributed by atoms with van der Waals surface area (Å²) < 4.78 is -3.80. The highest BCUT2D eigenvalue weighted by molar-refractivity contribution is 6.77. The van der Waals surface area contributed by atoms with E-state index in [9.17, 15) is 0 Å². The monoisotopic (exact) mass is 467 g/mol. The van der Waals surface area contributed by atoms with Crippen LogP contribution in [-0.2, 0) is 5.66 Å². The number of aliphatic imine (C=N–C) groups is 2. The molecule has 136 valence electrons. The summed E-state index contributed by atoms with van der Waals surface area (Å²) in [6, 6.07) is 18.3. The number of benzene rings is 2. The van der Waals surface area contributed by atoms with Crippen LogP contribution < -0.4 is 4.90 Å². The highest BCUT2D eigenvalue weighted by Crippen LogP contribution is 2.53. The Morgan fingerprint density at radius 1 is 0.769 bits per heavy atom. The molecule has 0 saturated carbocycles. The summed E-state index contributed by atoms with van der Waals surface area (Å²) in [7, 11) is 0. The van der Waals surface area contributed by atoms with Gasteiger partial charge in [0.1, 0.15) is 0 Å². The SMILES string of the molecule is ClC(Cl)(Cl)C1=NC(c2ccccc2)(C(Cl)(Cl)Cl)N(c2ccccc2)C=N1. The summed E-state index contributed by atoms with van der Waals surface area (Å²) in [5, 5.41) is 0. The molecule has 3 rings (SSSR count). The van der Waals surface area contributed by atoms with Gasteiger partial charge in [-0.3, -0.25) is 4.90 Å². The average molecular weight is 470 g/mol. The number of halogens is 6. The van der Waals surface area contributed by atoms with E-state index < -0.39 is 13.2 Å². The lowest BCUT2D eigenvalue weighted by Gasteiger charge is -2.46. The molecule has 1 unspecified atom stereocenters. The van der Waals surface area contributed by atoms with Crippen molar-refractivity contribution in [3.63, 3.8) is 0 Å². The molecule has 1 aliphatic rings. The number of rotatable bonds is 2. The molecule has 9 heteroatoms. The Bertz CT molecular complexity index is 827. The van der Waals surface area contributed by atoms with Crippen molar-refractivity contribution in [2.75, 3.05) is 4.90 Å². The lowest BCUT2D eigenvalue weighted by Crippen LogP contribution is -2.56. The molecular formula is C17H11Cl6N3. The molecule has 0 bridgehead atoms. The van der Waals surface area contributed by atoms with Crippen LogP contribution in [0.2, 0.25) is 0 Å². The second-order valence-electron chi connectivity index (χ2n) is 5.42. The second kappa shape index (κ2) is 7.38. The van der Waals surface area contributed by atoms with Crippen molar-refractivity contribution in [1.82, 2.24) is 0 Å². The zero-order valence-corrected chi connectivity index (χ0v) is 17.5. The third-order valence-corrected chi connectivity index (χ3v) is 5.07. The molecule has 2 aromatic carbocycles. The lowest BCUT2D eigenvalue weighted by molar-refractivity contribution is 0.472. The predicted molar refractivity (Wildman–Crippen MR) is 114 cm³/mol. The molecule has 1 heterocycles. The van der Waals surface area contributed by atoms with Crippen LogP contribution in [0.4, 0.5) is 5.69 Å². The highest BCUT2D eigenvalue weighted by atomic mass is 35.6. The molecule has 3 nitrogen and oxygen atoms in total. The molecule has 0 radical (unpaired) electrons. The molecule has 0 saturated heterocycles. The maximum atomic E-state index is 6.45. The lowest BCUT2D eigenvalue weighted by atomic mass is 9.98. The van der Waals surface area contributed by atoms with E-state index in [1.807, 2.05) is 48.5 Å². The Hall–Kier alpha value is -0.680. The van der Waals surface area contributed by atoms with Crippen molar-refractivity contribution in [2.24, 2.45) is 9.98 Å². The molecule has 2 aromatic rings. The van der Waals surface area contributed by atoms with Crippen LogP contribution in [0.5, 0.6) is 0 Å². The van der Waals surface area contributed by atoms with Crippen molar-refractivity contribution in [3.8, 4) is 0 Å². The Morgan fingerprint density at radius 3 is 1.81 bits per heavy atom. The van der Waals surface area contributed by atoms with Crippen molar-refractivity contribution in [3.05, 3.63) is 66.2 Å². The molecule has 0 aromatic heterocycles. The topological polar surface area (TPSA) is 28.0 Å². The maximum Gasteiger partial charge on any atom is 0.249 e. The summed E-state index contributed by atoms with van der Waals surface area (Å²) in [5.74, 6) is -0.0788. The van der Waals surface area contributed by atoms with Gasteiger partial charge in [-0.1, -0.05) is 118 Å². The van der Waals surface area contributed by atoms with Crippen LogP contribution in [0, 0.1) is 0 Å². The quantitative estimate of drug-likeness (QED) is 0.460. The second-order valence-corrected chi connectivity index (χ2v) is 9.98. The van der Waals surface area contributed by atoms with E-state index in [-0.39, 0.29) is 5.84 Å². The molecule has 26 heavy (non-hydrogen) atoms. The first-order valence-corrected chi connectivity index (χ1v) is 9.61. The summed E-state index contributed by atoms with van der Waals surface area (Å²) in [5.41, 5.74) is -0.221. The Morgan fingerprint density at radius 2 is 1.31 bits per heavy atom. The fourth-order valence-electron chi connectivity index (χ4n) is 2.65. The van der Waals surface area contributed by atoms with Gasteiger partial charge in [0, 0.05) is 11.3 Å². The largest absolute Gasteiger partial charge is 0.299 e. The minimum absolute atomic E-state index is 0.0788. The molecule has 0 amide bonds. The number of amidine groups is 1. The Kier molecular flexibility index (Phi) is 5.70. The number of nitrogens with zero attached hydrogens (tertiary/aromatic N) is 3. The summed E-state index contributed by atoms with van der Waals surface area (Å²) in [6.45, 7) is 0. The third-order valence-electron chi connectivity index (χ3n) is 3.77. The first-order valence-electron chi connectivity index (χ1n) is 7.34. The van der Waals surface area contributed by atoms with Gasteiger partial charge < -0.3 is 0 Å². The molecular weight excluding hydrogens is 459 g/mol.